The summed E-state index contributed by atoms with van der Waals surface area (Å²) in [4.78, 5) is 2.68. The molecule has 1 saturated carbocycles. The highest BCUT2D eigenvalue weighted by Gasteiger charge is 2.43. The van der Waals surface area contributed by atoms with E-state index in [-0.39, 0.29) is 5.25 Å². The monoisotopic (exact) mass is 387 g/mol. The van der Waals surface area contributed by atoms with Gasteiger partial charge in [0.1, 0.15) is 9.84 Å². The molecule has 0 aromatic heterocycles. The van der Waals surface area contributed by atoms with E-state index in [1.165, 1.54) is 50.7 Å². The van der Waals surface area contributed by atoms with Crippen molar-refractivity contribution < 1.29 is 8.42 Å². The second-order valence-corrected chi connectivity index (χ2v) is 12.1. The molecule has 144 valence electrons. The molecule has 0 aromatic rings. The number of rotatable bonds is 4. The molecular formula is C18H33N3O2S2. The number of fused-ring (bicyclic) bond motifs is 1. The summed E-state index contributed by atoms with van der Waals surface area (Å²) in [7, 11) is -2.86. The first kappa shape index (κ1) is 18.5. The fourth-order valence-corrected chi connectivity index (χ4v) is 7.71. The summed E-state index contributed by atoms with van der Waals surface area (Å²) in [5.41, 5.74) is 0. The van der Waals surface area contributed by atoms with Crippen LogP contribution in [0, 0.1) is 5.92 Å². The molecule has 0 radical (unpaired) electrons. The van der Waals surface area contributed by atoms with Crippen LogP contribution in [0.4, 0.5) is 0 Å². The Balaban J connectivity index is 1.33. The van der Waals surface area contributed by atoms with E-state index in [1.807, 2.05) is 0 Å². The fourth-order valence-electron chi connectivity index (χ4n) is 5.37. The van der Waals surface area contributed by atoms with Crippen LogP contribution in [0.5, 0.6) is 0 Å². The van der Waals surface area contributed by atoms with E-state index in [9.17, 15) is 8.42 Å². The van der Waals surface area contributed by atoms with E-state index in [2.05, 4.69) is 27.3 Å². The smallest absolute Gasteiger partial charge is 0.150 e. The lowest BCUT2D eigenvalue weighted by Crippen LogP contribution is -2.60. The van der Waals surface area contributed by atoms with Gasteiger partial charge in [-0.3, -0.25) is 15.5 Å². The van der Waals surface area contributed by atoms with Gasteiger partial charge in [0.15, 0.2) is 0 Å². The van der Waals surface area contributed by atoms with Crippen molar-refractivity contribution in [2.75, 3.05) is 18.6 Å². The molecule has 4 unspecified atom stereocenters. The lowest BCUT2D eigenvalue weighted by Gasteiger charge is -2.43. The van der Waals surface area contributed by atoms with Gasteiger partial charge in [-0.15, -0.1) is 11.8 Å². The largest absolute Gasteiger partial charge is 0.290 e. The maximum atomic E-state index is 11.8. The van der Waals surface area contributed by atoms with Crippen LogP contribution in [-0.4, -0.2) is 60.9 Å². The quantitative estimate of drug-likeness (QED) is 0.771. The highest BCUT2D eigenvalue weighted by atomic mass is 32.2. The average molecular weight is 388 g/mol. The van der Waals surface area contributed by atoms with Gasteiger partial charge in [0.2, 0.25) is 0 Å². The van der Waals surface area contributed by atoms with Crippen LogP contribution in [0.15, 0.2) is 0 Å². The van der Waals surface area contributed by atoms with Crippen LogP contribution < -0.4 is 10.6 Å². The number of nitrogens with zero attached hydrogens (tertiary/aromatic N) is 1. The molecule has 3 aliphatic heterocycles. The summed E-state index contributed by atoms with van der Waals surface area (Å²) in [5.74, 6) is 2.08. The molecule has 1 aliphatic carbocycles. The van der Waals surface area contributed by atoms with Gasteiger partial charge in [-0.2, -0.15) is 0 Å². The molecule has 4 rings (SSSR count). The third-order valence-corrected chi connectivity index (χ3v) is 9.78. The Hall–Kier alpha value is 0.180. The van der Waals surface area contributed by atoms with E-state index in [0.29, 0.717) is 23.7 Å². The van der Waals surface area contributed by atoms with E-state index in [0.717, 1.165) is 31.6 Å². The van der Waals surface area contributed by atoms with Crippen molar-refractivity contribution in [1.82, 2.24) is 15.5 Å². The zero-order valence-electron chi connectivity index (χ0n) is 15.3. The molecule has 4 fully saturated rings. The van der Waals surface area contributed by atoms with Crippen LogP contribution in [-0.2, 0) is 9.84 Å². The third-order valence-electron chi connectivity index (χ3n) is 6.79. The highest BCUT2D eigenvalue weighted by Crippen LogP contribution is 2.37. The minimum Gasteiger partial charge on any atom is -0.290 e. The summed E-state index contributed by atoms with van der Waals surface area (Å²) in [6.45, 7) is 1.18. The van der Waals surface area contributed by atoms with Gasteiger partial charge in [-0.05, 0) is 69.5 Å². The van der Waals surface area contributed by atoms with E-state index in [4.69, 9.17) is 0 Å². The number of sulfone groups is 1. The number of hydrogen-bond acceptors (Lipinski definition) is 6. The van der Waals surface area contributed by atoms with Crippen LogP contribution in [0.3, 0.4) is 0 Å². The maximum Gasteiger partial charge on any atom is 0.150 e. The van der Waals surface area contributed by atoms with Crippen molar-refractivity contribution in [1.29, 1.82) is 0 Å². The normalized spacial score (nSPS) is 43.2. The first-order valence-corrected chi connectivity index (χ1v) is 13.1. The zero-order valence-corrected chi connectivity index (χ0v) is 17.0. The molecule has 0 spiro atoms. The van der Waals surface area contributed by atoms with Crippen LogP contribution in [0.1, 0.15) is 57.8 Å². The van der Waals surface area contributed by atoms with Crippen molar-refractivity contribution >= 4 is 21.6 Å². The van der Waals surface area contributed by atoms with E-state index < -0.39 is 9.84 Å². The van der Waals surface area contributed by atoms with Gasteiger partial charge < -0.3 is 0 Å². The summed E-state index contributed by atoms with van der Waals surface area (Å²) in [5, 5.41) is 8.27. The standard InChI is InChI=1S/C18H33N3O2S2/c1-25(22,23)15-7-5-14(6-8-15)21-11-10-13-4-9-16(20-18(13)21)19-17-3-2-12-24-17/h13-20H,2-12H2,1H3. The Morgan fingerprint density at radius 2 is 1.84 bits per heavy atom. The molecule has 7 heteroatoms. The molecule has 4 aliphatic rings. The van der Waals surface area contributed by atoms with E-state index in [1.54, 1.807) is 0 Å². The Labute approximate surface area is 157 Å². The van der Waals surface area contributed by atoms with Crippen LogP contribution in [0.2, 0.25) is 0 Å². The first-order valence-electron chi connectivity index (χ1n) is 10.1. The number of hydrogen-bond donors (Lipinski definition) is 2. The Morgan fingerprint density at radius 1 is 1.04 bits per heavy atom. The van der Waals surface area contributed by atoms with Gasteiger partial charge in [-0.1, -0.05) is 0 Å². The van der Waals surface area contributed by atoms with Crippen molar-refractivity contribution in [3.63, 3.8) is 0 Å². The minimum absolute atomic E-state index is 0.102. The Morgan fingerprint density at radius 3 is 2.52 bits per heavy atom. The van der Waals surface area contributed by atoms with Gasteiger partial charge >= 0.3 is 0 Å². The maximum absolute atomic E-state index is 11.8. The fraction of sp³-hybridized carbons (Fsp3) is 1.00. The molecule has 25 heavy (non-hydrogen) atoms. The minimum atomic E-state index is -2.86. The molecule has 3 heterocycles. The van der Waals surface area contributed by atoms with Gasteiger partial charge in [0.05, 0.1) is 23.0 Å². The molecule has 0 aromatic carbocycles. The molecular weight excluding hydrogens is 354 g/mol. The van der Waals surface area contributed by atoms with Crippen LogP contribution >= 0.6 is 11.8 Å². The van der Waals surface area contributed by atoms with Crippen molar-refractivity contribution in [2.24, 2.45) is 5.92 Å². The van der Waals surface area contributed by atoms with Gasteiger partial charge in [0.25, 0.3) is 0 Å². The zero-order chi connectivity index (χ0) is 17.4. The van der Waals surface area contributed by atoms with Gasteiger partial charge in [0, 0.05) is 18.8 Å². The third kappa shape index (κ3) is 4.21. The SMILES string of the molecule is CS(=O)(=O)C1CCC(N2CCC3CCC(NC4CCCS4)NC32)CC1. The van der Waals surface area contributed by atoms with Crippen molar-refractivity contribution in [2.45, 2.75) is 86.8 Å². The molecule has 4 atom stereocenters. The predicted molar refractivity (Wildman–Crippen MR) is 104 cm³/mol. The molecule has 3 saturated heterocycles. The van der Waals surface area contributed by atoms with E-state index >= 15 is 0 Å². The predicted octanol–water partition coefficient (Wildman–Crippen LogP) is 2.14. The summed E-state index contributed by atoms with van der Waals surface area (Å²) in [6, 6.07) is 0.570. The summed E-state index contributed by atoms with van der Waals surface area (Å²) < 4.78 is 23.6. The van der Waals surface area contributed by atoms with Crippen molar-refractivity contribution in [3.05, 3.63) is 0 Å². The highest BCUT2D eigenvalue weighted by molar-refractivity contribution is 8.00. The second-order valence-electron chi connectivity index (χ2n) is 8.46. The Kier molecular flexibility index (Phi) is 5.68. The number of likely N-dealkylation sites (tertiary alicyclic amines) is 1. The summed E-state index contributed by atoms with van der Waals surface area (Å²) >= 11 is 2.07. The van der Waals surface area contributed by atoms with Gasteiger partial charge in [-0.25, -0.2) is 8.42 Å². The molecule has 2 N–H and O–H groups in total. The lowest BCUT2D eigenvalue weighted by atomic mass is 9.91. The average Bonchev–Trinajstić information content (AvgIpc) is 3.23. The van der Waals surface area contributed by atoms with Crippen molar-refractivity contribution in [3.8, 4) is 0 Å². The molecule has 0 amide bonds. The second kappa shape index (κ2) is 7.66. The lowest BCUT2D eigenvalue weighted by molar-refractivity contribution is 0.0702. The Bertz CT molecular complexity index is 557. The summed E-state index contributed by atoms with van der Waals surface area (Å²) in [6.07, 6.45) is 12.6. The molecule has 5 nitrogen and oxygen atoms in total. The number of thioether (sulfide) groups is 1. The molecule has 0 bridgehead atoms. The topological polar surface area (TPSA) is 61.4 Å². The van der Waals surface area contributed by atoms with Crippen LogP contribution in [0.25, 0.3) is 0 Å². The number of nitrogens with one attached hydrogen (secondary N) is 2. The number of piperidine rings is 1. The first-order chi connectivity index (χ1) is 12.0.